The Hall–Kier alpha value is -2.00. The second kappa shape index (κ2) is 5.33. The molecule has 0 unspecified atom stereocenters. The average molecular weight is 293 g/mol. The summed E-state index contributed by atoms with van der Waals surface area (Å²) in [7, 11) is 0. The number of H-pyrrole nitrogens is 1. The van der Waals surface area contributed by atoms with Crippen LogP contribution in [0.1, 0.15) is 29.8 Å². The fourth-order valence-corrected chi connectivity index (χ4v) is 3.75. The number of nitrogens with one attached hydrogen (secondary N) is 2. The first-order chi connectivity index (χ1) is 10.7. The summed E-state index contributed by atoms with van der Waals surface area (Å²) in [5.74, 6) is 0. The van der Waals surface area contributed by atoms with Crippen molar-refractivity contribution in [3.05, 3.63) is 53.5 Å². The SMILES string of the molecule is Cc1ccc(C)n1-c1ccc2[nH]cc(C[C@H]3CCCN3)c2c1. The molecule has 114 valence electrons. The number of rotatable bonds is 3. The third kappa shape index (κ3) is 2.26. The monoisotopic (exact) mass is 293 g/mol. The average Bonchev–Trinajstić information content (AvgIpc) is 3.22. The zero-order valence-electron chi connectivity index (χ0n) is 13.3. The van der Waals surface area contributed by atoms with E-state index in [0.717, 1.165) is 6.42 Å². The van der Waals surface area contributed by atoms with Crippen LogP contribution in [0.4, 0.5) is 0 Å². The standard InChI is InChI=1S/C19H23N3/c1-13-5-6-14(2)22(13)17-7-8-19-18(11-17)15(12-21-19)10-16-4-3-9-20-16/h5-8,11-12,16,20-21H,3-4,9-10H2,1-2H3/t16-/m1/s1. The van der Waals surface area contributed by atoms with Gasteiger partial charge in [0, 0.05) is 40.2 Å². The van der Waals surface area contributed by atoms with Gasteiger partial charge in [-0.05, 0) is 75.5 Å². The third-order valence-electron chi connectivity index (χ3n) is 4.91. The van der Waals surface area contributed by atoms with Gasteiger partial charge in [0.15, 0.2) is 0 Å². The van der Waals surface area contributed by atoms with Crippen molar-refractivity contribution in [1.29, 1.82) is 0 Å². The van der Waals surface area contributed by atoms with Crippen molar-refractivity contribution in [2.45, 2.75) is 39.2 Å². The normalized spacial score (nSPS) is 18.4. The summed E-state index contributed by atoms with van der Waals surface area (Å²) < 4.78 is 2.32. The number of aromatic nitrogens is 2. The van der Waals surface area contributed by atoms with E-state index >= 15 is 0 Å². The molecule has 3 nitrogen and oxygen atoms in total. The van der Waals surface area contributed by atoms with E-state index in [-0.39, 0.29) is 0 Å². The molecule has 1 atom stereocenters. The number of nitrogens with zero attached hydrogens (tertiary/aromatic N) is 1. The van der Waals surface area contributed by atoms with E-state index in [4.69, 9.17) is 0 Å². The van der Waals surface area contributed by atoms with Crippen molar-refractivity contribution < 1.29 is 0 Å². The zero-order chi connectivity index (χ0) is 15.1. The largest absolute Gasteiger partial charge is 0.361 e. The van der Waals surface area contributed by atoms with Gasteiger partial charge in [-0.1, -0.05) is 0 Å². The quantitative estimate of drug-likeness (QED) is 0.755. The Kier molecular flexibility index (Phi) is 3.30. The van der Waals surface area contributed by atoms with E-state index in [0.29, 0.717) is 6.04 Å². The lowest BCUT2D eigenvalue weighted by Crippen LogP contribution is -2.23. The molecule has 4 rings (SSSR count). The Balaban J connectivity index is 1.76. The van der Waals surface area contributed by atoms with Gasteiger partial charge in [-0.3, -0.25) is 0 Å². The fraction of sp³-hybridized carbons (Fsp3) is 0.368. The first-order valence-corrected chi connectivity index (χ1v) is 8.21. The summed E-state index contributed by atoms with van der Waals surface area (Å²) in [5, 5.41) is 4.96. The Morgan fingerprint density at radius 1 is 1.14 bits per heavy atom. The number of benzene rings is 1. The minimum absolute atomic E-state index is 0.637. The van der Waals surface area contributed by atoms with Crippen LogP contribution < -0.4 is 5.32 Å². The van der Waals surface area contributed by atoms with Crippen molar-refractivity contribution in [2.24, 2.45) is 0 Å². The van der Waals surface area contributed by atoms with Crippen LogP contribution >= 0.6 is 0 Å². The number of aryl methyl sites for hydroxylation is 2. The van der Waals surface area contributed by atoms with Gasteiger partial charge >= 0.3 is 0 Å². The van der Waals surface area contributed by atoms with Gasteiger partial charge in [-0.25, -0.2) is 0 Å². The molecule has 3 heteroatoms. The molecule has 1 fully saturated rings. The number of fused-ring (bicyclic) bond motifs is 1. The van der Waals surface area contributed by atoms with Crippen molar-refractivity contribution in [3.8, 4) is 5.69 Å². The Morgan fingerprint density at radius 3 is 2.68 bits per heavy atom. The second-order valence-electron chi connectivity index (χ2n) is 6.49. The van der Waals surface area contributed by atoms with Crippen LogP contribution in [-0.4, -0.2) is 22.1 Å². The van der Waals surface area contributed by atoms with Crippen LogP contribution in [-0.2, 0) is 6.42 Å². The summed E-state index contributed by atoms with van der Waals surface area (Å²) in [4.78, 5) is 3.43. The number of aromatic amines is 1. The van der Waals surface area contributed by atoms with Crippen LogP contribution in [0, 0.1) is 13.8 Å². The molecule has 1 saturated heterocycles. The molecular formula is C19H23N3. The zero-order valence-corrected chi connectivity index (χ0v) is 13.3. The molecule has 0 spiro atoms. The molecule has 0 saturated carbocycles. The highest BCUT2D eigenvalue weighted by molar-refractivity contribution is 5.85. The number of hydrogen-bond acceptors (Lipinski definition) is 1. The smallest absolute Gasteiger partial charge is 0.0462 e. The molecule has 1 aliphatic heterocycles. The Morgan fingerprint density at radius 2 is 1.95 bits per heavy atom. The van der Waals surface area contributed by atoms with E-state index in [2.05, 4.69) is 65.2 Å². The molecule has 0 amide bonds. The molecule has 0 bridgehead atoms. The topological polar surface area (TPSA) is 32.8 Å². The molecule has 22 heavy (non-hydrogen) atoms. The molecule has 0 radical (unpaired) electrons. The molecule has 3 heterocycles. The van der Waals surface area contributed by atoms with Gasteiger partial charge in [0.1, 0.15) is 0 Å². The summed E-state index contributed by atoms with van der Waals surface area (Å²) in [6.07, 6.45) is 5.90. The van der Waals surface area contributed by atoms with Crippen LogP contribution in [0.25, 0.3) is 16.6 Å². The Bertz CT molecular complexity index is 784. The minimum Gasteiger partial charge on any atom is -0.361 e. The summed E-state index contributed by atoms with van der Waals surface area (Å²) in [6.45, 7) is 5.50. The maximum atomic E-state index is 3.60. The maximum absolute atomic E-state index is 3.60. The lowest BCUT2D eigenvalue weighted by molar-refractivity contribution is 0.605. The highest BCUT2D eigenvalue weighted by atomic mass is 15.0. The highest BCUT2D eigenvalue weighted by Gasteiger charge is 2.16. The van der Waals surface area contributed by atoms with Crippen LogP contribution in [0.15, 0.2) is 36.5 Å². The summed E-state index contributed by atoms with van der Waals surface area (Å²) in [5.41, 5.74) is 6.49. The van der Waals surface area contributed by atoms with Gasteiger partial charge in [0.05, 0.1) is 0 Å². The lowest BCUT2D eigenvalue weighted by atomic mass is 10.0. The summed E-state index contributed by atoms with van der Waals surface area (Å²) in [6, 6.07) is 11.7. The number of hydrogen-bond donors (Lipinski definition) is 2. The van der Waals surface area contributed by atoms with Crippen molar-refractivity contribution >= 4 is 10.9 Å². The van der Waals surface area contributed by atoms with E-state index in [1.807, 2.05) is 0 Å². The van der Waals surface area contributed by atoms with Crippen LogP contribution in [0.5, 0.6) is 0 Å². The van der Waals surface area contributed by atoms with Gasteiger partial charge in [0.25, 0.3) is 0 Å². The molecule has 2 N–H and O–H groups in total. The minimum atomic E-state index is 0.637. The molecule has 3 aromatic rings. The van der Waals surface area contributed by atoms with E-state index in [9.17, 15) is 0 Å². The molecule has 1 aromatic carbocycles. The molecule has 0 aliphatic carbocycles. The highest BCUT2D eigenvalue weighted by Crippen LogP contribution is 2.26. The van der Waals surface area contributed by atoms with Crippen molar-refractivity contribution in [1.82, 2.24) is 14.9 Å². The Labute approximate surface area is 131 Å². The van der Waals surface area contributed by atoms with Crippen molar-refractivity contribution in [3.63, 3.8) is 0 Å². The van der Waals surface area contributed by atoms with Gasteiger partial charge in [-0.15, -0.1) is 0 Å². The first kappa shape index (κ1) is 13.6. The first-order valence-electron chi connectivity index (χ1n) is 8.21. The molecular weight excluding hydrogens is 270 g/mol. The fourth-order valence-electron chi connectivity index (χ4n) is 3.75. The van der Waals surface area contributed by atoms with Crippen LogP contribution in [0.2, 0.25) is 0 Å². The lowest BCUT2D eigenvalue weighted by Gasteiger charge is -2.11. The van der Waals surface area contributed by atoms with E-state index in [1.54, 1.807) is 0 Å². The van der Waals surface area contributed by atoms with Crippen molar-refractivity contribution in [2.75, 3.05) is 6.54 Å². The molecule has 2 aromatic heterocycles. The van der Waals surface area contributed by atoms with Gasteiger partial charge in [-0.2, -0.15) is 0 Å². The maximum Gasteiger partial charge on any atom is 0.0462 e. The molecule has 1 aliphatic rings. The third-order valence-corrected chi connectivity index (χ3v) is 4.91. The predicted octanol–water partition coefficient (Wildman–Crippen LogP) is 3.87. The van der Waals surface area contributed by atoms with Crippen LogP contribution in [0.3, 0.4) is 0 Å². The van der Waals surface area contributed by atoms with Gasteiger partial charge in [0.2, 0.25) is 0 Å². The second-order valence-corrected chi connectivity index (χ2v) is 6.49. The van der Waals surface area contributed by atoms with Gasteiger partial charge < -0.3 is 14.9 Å². The van der Waals surface area contributed by atoms with E-state index < -0.39 is 0 Å². The summed E-state index contributed by atoms with van der Waals surface area (Å²) >= 11 is 0. The van der Waals surface area contributed by atoms with E-state index in [1.165, 1.54) is 52.9 Å². The predicted molar refractivity (Wildman–Crippen MR) is 91.8 cm³/mol.